The van der Waals surface area contributed by atoms with Crippen LogP contribution in [0.15, 0.2) is 47.8 Å². The van der Waals surface area contributed by atoms with Gasteiger partial charge in [0, 0.05) is 17.8 Å². The number of hydrogen-bond donors (Lipinski definition) is 2. The van der Waals surface area contributed by atoms with Crippen molar-refractivity contribution in [1.29, 1.82) is 0 Å². The first-order chi connectivity index (χ1) is 13.0. The maximum Gasteiger partial charge on any atom is 0.261 e. The van der Waals surface area contributed by atoms with Gasteiger partial charge < -0.3 is 10.6 Å². The van der Waals surface area contributed by atoms with Crippen molar-refractivity contribution in [2.45, 2.75) is 33.4 Å². The van der Waals surface area contributed by atoms with Crippen molar-refractivity contribution in [3.8, 4) is 5.69 Å². The van der Waals surface area contributed by atoms with Crippen molar-refractivity contribution in [3.63, 3.8) is 0 Å². The monoisotopic (exact) mass is 382 g/mol. The van der Waals surface area contributed by atoms with E-state index in [1.807, 2.05) is 54.2 Å². The van der Waals surface area contributed by atoms with Gasteiger partial charge in [-0.2, -0.15) is 5.10 Å². The molecule has 1 unspecified atom stereocenters. The molecule has 2 N–H and O–H groups in total. The van der Waals surface area contributed by atoms with Crippen molar-refractivity contribution in [1.82, 2.24) is 20.4 Å². The lowest BCUT2D eigenvalue weighted by Gasteiger charge is -2.14. The minimum absolute atomic E-state index is 0.230. The predicted octanol–water partition coefficient (Wildman–Crippen LogP) is 2.99. The number of carbonyl (C=O) groups is 2. The summed E-state index contributed by atoms with van der Waals surface area (Å²) in [6.07, 6.45) is 0. The number of amides is 2. The molecule has 140 valence electrons. The van der Waals surface area contributed by atoms with Crippen molar-refractivity contribution in [2.24, 2.45) is 0 Å². The summed E-state index contributed by atoms with van der Waals surface area (Å²) in [5.74, 6) is -0.469. The van der Waals surface area contributed by atoms with Crippen LogP contribution in [0.1, 0.15) is 33.5 Å². The first kappa shape index (κ1) is 18.8. The molecule has 0 aliphatic heterocycles. The van der Waals surface area contributed by atoms with Gasteiger partial charge in [0.25, 0.3) is 5.91 Å². The van der Waals surface area contributed by atoms with E-state index in [1.54, 1.807) is 19.1 Å². The minimum Gasteiger partial charge on any atom is -0.350 e. The van der Waals surface area contributed by atoms with Gasteiger partial charge in [0.2, 0.25) is 5.91 Å². The van der Waals surface area contributed by atoms with Crippen LogP contribution in [0.2, 0.25) is 0 Å². The van der Waals surface area contributed by atoms with Gasteiger partial charge >= 0.3 is 0 Å². The number of thiophene rings is 1. The number of rotatable bonds is 6. The SMILES string of the molecule is Cc1nn(-c2ccccc2)c(C)c1CNC(=O)C(C)NC(=O)c1cccs1. The Hall–Kier alpha value is -2.93. The highest BCUT2D eigenvalue weighted by Gasteiger charge is 2.19. The number of nitrogens with one attached hydrogen (secondary N) is 2. The molecule has 6 nitrogen and oxygen atoms in total. The second-order valence-corrected chi connectivity index (χ2v) is 7.23. The van der Waals surface area contributed by atoms with Crippen molar-refractivity contribution in [3.05, 3.63) is 69.7 Å². The van der Waals surface area contributed by atoms with Crippen LogP contribution < -0.4 is 10.6 Å². The predicted molar refractivity (Wildman–Crippen MR) is 106 cm³/mol. The molecule has 2 heterocycles. The quantitative estimate of drug-likeness (QED) is 0.688. The number of carbonyl (C=O) groups excluding carboxylic acids is 2. The highest BCUT2D eigenvalue weighted by Crippen LogP contribution is 2.17. The summed E-state index contributed by atoms with van der Waals surface area (Å²) < 4.78 is 1.87. The molecule has 7 heteroatoms. The Morgan fingerprint density at radius 2 is 1.89 bits per heavy atom. The third-order valence-corrected chi connectivity index (χ3v) is 5.24. The Labute approximate surface area is 162 Å². The molecule has 0 aliphatic rings. The fraction of sp³-hybridized carbons (Fsp3) is 0.250. The first-order valence-corrected chi connectivity index (χ1v) is 9.58. The molecule has 0 spiro atoms. The lowest BCUT2D eigenvalue weighted by atomic mass is 10.2. The molecule has 0 aliphatic carbocycles. The molecule has 3 aromatic rings. The molecular weight excluding hydrogens is 360 g/mol. The van der Waals surface area contributed by atoms with E-state index in [4.69, 9.17) is 0 Å². The number of para-hydroxylation sites is 1. The number of hydrogen-bond acceptors (Lipinski definition) is 4. The molecule has 27 heavy (non-hydrogen) atoms. The molecule has 2 amide bonds. The molecule has 1 aromatic carbocycles. The Balaban J connectivity index is 1.63. The average Bonchev–Trinajstić information content (AvgIpc) is 3.29. The van der Waals surface area contributed by atoms with E-state index in [2.05, 4.69) is 15.7 Å². The lowest BCUT2D eigenvalue weighted by molar-refractivity contribution is -0.122. The van der Waals surface area contributed by atoms with Crippen LogP contribution in [-0.4, -0.2) is 27.6 Å². The maximum atomic E-state index is 12.4. The van der Waals surface area contributed by atoms with Gasteiger partial charge in [0.1, 0.15) is 6.04 Å². The third kappa shape index (κ3) is 4.25. The van der Waals surface area contributed by atoms with E-state index in [-0.39, 0.29) is 11.8 Å². The zero-order valence-electron chi connectivity index (χ0n) is 15.5. The zero-order chi connectivity index (χ0) is 19.4. The Morgan fingerprint density at radius 3 is 2.56 bits per heavy atom. The van der Waals surface area contributed by atoms with Crippen LogP contribution in [0.4, 0.5) is 0 Å². The Bertz CT molecular complexity index is 933. The van der Waals surface area contributed by atoms with Crippen LogP contribution in [0.5, 0.6) is 0 Å². The Kier molecular flexibility index (Phi) is 5.71. The molecule has 0 saturated carbocycles. The topological polar surface area (TPSA) is 76.0 Å². The summed E-state index contributed by atoms with van der Waals surface area (Å²) in [4.78, 5) is 25.0. The second-order valence-electron chi connectivity index (χ2n) is 6.29. The molecular formula is C20H22N4O2S. The summed E-state index contributed by atoms with van der Waals surface area (Å²) >= 11 is 1.34. The number of aryl methyl sites for hydroxylation is 1. The standard InChI is InChI=1S/C20H22N4O2S/c1-13-17(15(3)24(23-13)16-8-5-4-6-9-16)12-21-19(25)14(2)22-20(26)18-10-7-11-27-18/h4-11,14H,12H2,1-3H3,(H,21,25)(H,22,26). The van der Waals surface area contributed by atoms with Crippen LogP contribution in [-0.2, 0) is 11.3 Å². The van der Waals surface area contributed by atoms with Gasteiger partial charge in [-0.05, 0) is 44.4 Å². The van der Waals surface area contributed by atoms with Gasteiger partial charge in [0.15, 0.2) is 0 Å². The fourth-order valence-electron chi connectivity index (χ4n) is 2.82. The van der Waals surface area contributed by atoms with E-state index in [0.29, 0.717) is 11.4 Å². The minimum atomic E-state index is -0.621. The molecule has 0 saturated heterocycles. The van der Waals surface area contributed by atoms with Crippen molar-refractivity contribution in [2.75, 3.05) is 0 Å². The smallest absolute Gasteiger partial charge is 0.261 e. The normalized spacial score (nSPS) is 11.8. The summed E-state index contributed by atoms with van der Waals surface area (Å²) in [5, 5.41) is 12.0. The molecule has 3 rings (SSSR count). The number of aromatic nitrogens is 2. The van der Waals surface area contributed by atoms with Gasteiger partial charge in [-0.25, -0.2) is 4.68 Å². The average molecular weight is 382 g/mol. The van der Waals surface area contributed by atoms with Gasteiger partial charge in [-0.15, -0.1) is 11.3 Å². The van der Waals surface area contributed by atoms with Crippen LogP contribution in [0.25, 0.3) is 5.69 Å². The maximum absolute atomic E-state index is 12.4. The second kappa shape index (κ2) is 8.18. The van der Waals surface area contributed by atoms with Crippen molar-refractivity contribution < 1.29 is 9.59 Å². The summed E-state index contributed by atoms with van der Waals surface area (Å²) in [7, 11) is 0. The van der Waals surface area contributed by atoms with Crippen molar-refractivity contribution >= 4 is 23.2 Å². The fourth-order valence-corrected chi connectivity index (χ4v) is 3.45. The van der Waals surface area contributed by atoms with E-state index in [9.17, 15) is 9.59 Å². The molecule has 2 aromatic heterocycles. The van der Waals surface area contributed by atoms with Gasteiger partial charge in [-0.1, -0.05) is 24.3 Å². The summed E-state index contributed by atoms with van der Waals surface area (Å²) in [5.41, 5.74) is 3.80. The highest BCUT2D eigenvalue weighted by atomic mass is 32.1. The highest BCUT2D eigenvalue weighted by molar-refractivity contribution is 7.12. The van der Waals surface area contributed by atoms with E-state index < -0.39 is 6.04 Å². The molecule has 0 radical (unpaired) electrons. The summed E-state index contributed by atoms with van der Waals surface area (Å²) in [6, 6.07) is 12.8. The first-order valence-electron chi connectivity index (χ1n) is 8.70. The van der Waals surface area contributed by atoms with E-state index in [1.165, 1.54) is 11.3 Å². The van der Waals surface area contributed by atoms with E-state index in [0.717, 1.165) is 22.6 Å². The van der Waals surface area contributed by atoms with Gasteiger partial charge in [-0.3, -0.25) is 9.59 Å². The van der Waals surface area contributed by atoms with Crippen LogP contribution in [0, 0.1) is 13.8 Å². The van der Waals surface area contributed by atoms with Crippen LogP contribution in [0.3, 0.4) is 0 Å². The van der Waals surface area contributed by atoms with Crippen LogP contribution >= 0.6 is 11.3 Å². The lowest BCUT2D eigenvalue weighted by Crippen LogP contribution is -2.44. The Morgan fingerprint density at radius 1 is 1.15 bits per heavy atom. The van der Waals surface area contributed by atoms with E-state index >= 15 is 0 Å². The summed E-state index contributed by atoms with van der Waals surface area (Å²) in [6.45, 7) is 5.95. The molecule has 1 atom stereocenters. The molecule has 0 bridgehead atoms. The number of benzene rings is 1. The zero-order valence-corrected chi connectivity index (χ0v) is 16.3. The number of nitrogens with zero attached hydrogens (tertiary/aromatic N) is 2. The largest absolute Gasteiger partial charge is 0.350 e. The third-order valence-electron chi connectivity index (χ3n) is 4.37. The molecule has 0 fully saturated rings. The van der Waals surface area contributed by atoms with Gasteiger partial charge in [0.05, 0.1) is 16.3 Å².